The molecule has 0 spiro atoms. The molecule has 1 aliphatic rings. The molecule has 0 saturated carbocycles. The standard InChI is InChI=1S/C22H21N7O2/c1-14-19(21(31)26-17-4-2-10-24-13-17)20(16-8-6-15(12-23)7-9-16)29-22(25-14)27-18(28-29)5-3-11-30/h2,4,6-10,13,19-20,30H,3,5,11H2,1H3,(H,26,31). The highest BCUT2D eigenvalue weighted by atomic mass is 16.3. The smallest absolute Gasteiger partial charge is 0.248 e. The molecule has 2 unspecified atom stereocenters. The molecular weight excluding hydrogens is 394 g/mol. The number of nitriles is 1. The zero-order chi connectivity index (χ0) is 21.8. The number of carbonyl (C=O) groups is 1. The maximum atomic E-state index is 13.3. The Labute approximate surface area is 179 Å². The van der Waals surface area contributed by atoms with Crippen molar-refractivity contribution in [1.29, 1.82) is 5.26 Å². The largest absolute Gasteiger partial charge is 0.396 e. The summed E-state index contributed by atoms with van der Waals surface area (Å²) in [5.74, 6) is 0.118. The molecule has 3 aromatic rings. The van der Waals surface area contributed by atoms with Crippen molar-refractivity contribution >= 4 is 23.3 Å². The monoisotopic (exact) mass is 415 g/mol. The predicted molar refractivity (Wildman–Crippen MR) is 114 cm³/mol. The van der Waals surface area contributed by atoms with Crippen molar-refractivity contribution < 1.29 is 9.90 Å². The fraction of sp³-hybridized carbons (Fsp3) is 0.273. The number of anilines is 1. The molecule has 1 aliphatic heterocycles. The molecule has 0 radical (unpaired) electrons. The van der Waals surface area contributed by atoms with Crippen LogP contribution in [0.5, 0.6) is 0 Å². The minimum atomic E-state index is -0.631. The Morgan fingerprint density at radius 2 is 2.10 bits per heavy atom. The fourth-order valence-corrected chi connectivity index (χ4v) is 3.64. The van der Waals surface area contributed by atoms with Gasteiger partial charge in [0.15, 0.2) is 5.82 Å². The summed E-state index contributed by atoms with van der Waals surface area (Å²) in [6, 6.07) is 12.2. The predicted octanol–water partition coefficient (Wildman–Crippen LogP) is 2.42. The highest BCUT2D eigenvalue weighted by Gasteiger charge is 2.39. The number of hydrogen-bond donors (Lipinski definition) is 2. The van der Waals surface area contributed by atoms with Crippen molar-refractivity contribution in [3.8, 4) is 6.07 Å². The molecule has 9 nitrogen and oxygen atoms in total. The minimum absolute atomic E-state index is 0.0430. The van der Waals surface area contributed by atoms with E-state index in [4.69, 9.17) is 10.4 Å². The first kappa shape index (κ1) is 20.4. The van der Waals surface area contributed by atoms with E-state index in [-0.39, 0.29) is 12.5 Å². The summed E-state index contributed by atoms with van der Waals surface area (Å²) in [5.41, 5.74) is 2.56. The molecule has 0 aliphatic carbocycles. The number of hydrogen-bond acceptors (Lipinski definition) is 7. The summed E-state index contributed by atoms with van der Waals surface area (Å²) in [4.78, 5) is 26.4. The van der Waals surface area contributed by atoms with Gasteiger partial charge < -0.3 is 10.4 Å². The quantitative estimate of drug-likeness (QED) is 0.636. The van der Waals surface area contributed by atoms with Crippen molar-refractivity contribution in [3.63, 3.8) is 0 Å². The van der Waals surface area contributed by atoms with Gasteiger partial charge in [-0.1, -0.05) is 12.1 Å². The molecule has 2 atom stereocenters. The van der Waals surface area contributed by atoms with Crippen LogP contribution in [-0.2, 0) is 11.2 Å². The third kappa shape index (κ3) is 4.20. The van der Waals surface area contributed by atoms with Crippen LogP contribution in [0.3, 0.4) is 0 Å². The topological polar surface area (TPSA) is 129 Å². The molecule has 0 saturated heterocycles. The van der Waals surface area contributed by atoms with Gasteiger partial charge in [-0.25, -0.2) is 9.67 Å². The second kappa shape index (κ2) is 8.85. The molecule has 1 aromatic carbocycles. The number of aliphatic hydroxyl groups is 1. The van der Waals surface area contributed by atoms with Gasteiger partial charge in [0.1, 0.15) is 5.92 Å². The number of aliphatic imine (C=N–C) groups is 1. The van der Waals surface area contributed by atoms with E-state index in [2.05, 4.69) is 31.4 Å². The maximum absolute atomic E-state index is 13.3. The molecule has 0 fully saturated rings. The number of nitrogens with zero attached hydrogens (tertiary/aromatic N) is 6. The van der Waals surface area contributed by atoms with Crippen molar-refractivity contribution in [2.75, 3.05) is 11.9 Å². The number of pyridine rings is 1. The Balaban J connectivity index is 1.75. The van der Waals surface area contributed by atoms with Gasteiger partial charge in [0.05, 0.1) is 29.6 Å². The second-order valence-electron chi connectivity index (χ2n) is 7.24. The molecule has 1 amide bonds. The number of aliphatic hydroxyl groups excluding tert-OH is 1. The van der Waals surface area contributed by atoms with Crippen LogP contribution < -0.4 is 5.32 Å². The summed E-state index contributed by atoms with van der Waals surface area (Å²) in [6.45, 7) is 1.84. The summed E-state index contributed by atoms with van der Waals surface area (Å²) < 4.78 is 1.66. The van der Waals surface area contributed by atoms with E-state index in [1.54, 1.807) is 48.3 Å². The summed E-state index contributed by atoms with van der Waals surface area (Å²) in [6.07, 6.45) is 4.27. The van der Waals surface area contributed by atoms with Gasteiger partial charge in [0, 0.05) is 24.9 Å². The number of aromatic nitrogens is 4. The van der Waals surface area contributed by atoms with Gasteiger partial charge in [-0.05, 0) is 43.2 Å². The lowest BCUT2D eigenvalue weighted by molar-refractivity contribution is -0.118. The number of fused-ring (bicyclic) bond motifs is 1. The summed E-state index contributed by atoms with van der Waals surface area (Å²) >= 11 is 0. The SMILES string of the molecule is CC1=Nc2nc(CCCO)nn2C(c2ccc(C#N)cc2)C1C(=O)Nc1cccnc1. The third-order valence-electron chi connectivity index (χ3n) is 5.11. The van der Waals surface area contributed by atoms with Crippen LogP contribution in [0.2, 0.25) is 0 Å². The average Bonchev–Trinajstić information content (AvgIpc) is 3.19. The first-order valence-corrected chi connectivity index (χ1v) is 9.93. The van der Waals surface area contributed by atoms with Crippen LogP contribution in [0.25, 0.3) is 0 Å². The van der Waals surface area contributed by atoms with Gasteiger partial charge >= 0.3 is 0 Å². The lowest BCUT2D eigenvalue weighted by Gasteiger charge is -2.30. The van der Waals surface area contributed by atoms with Crippen molar-refractivity contribution in [3.05, 3.63) is 65.7 Å². The van der Waals surface area contributed by atoms with Crippen LogP contribution in [0.4, 0.5) is 11.6 Å². The molecular formula is C22H21N7O2. The van der Waals surface area contributed by atoms with Crippen LogP contribution in [0, 0.1) is 17.2 Å². The Kier molecular flexibility index (Phi) is 5.82. The van der Waals surface area contributed by atoms with Crippen LogP contribution in [0.15, 0.2) is 53.8 Å². The van der Waals surface area contributed by atoms with Crippen LogP contribution in [-0.4, -0.2) is 43.1 Å². The third-order valence-corrected chi connectivity index (χ3v) is 5.11. The minimum Gasteiger partial charge on any atom is -0.396 e. The van der Waals surface area contributed by atoms with Crippen LogP contribution >= 0.6 is 0 Å². The normalized spacial score (nSPS) is 17.4. The van der Waals surface area contributed by atoms with Crippen LogP contribution in [0.1, 0.15) is 36.3 Å². The fourth-order valence-electron chi connectivity index (χ4n) is 3.64. The zero-order valence-corrected chi connectivity index (χ0v) is 16.9. The molecule has 4 rings (SSSR count). The van der Waals surface area contributed by atoms with Gasteiger partial charge in [-0.3, -0.25) is 9.78 Å². The Morgan fingerprint density at radius 3 is 2.77 bits per heavy atom. The molecule has 31 heavy (non-hydrogen) atoms. The van der Waals surface area contributed by atoms with Gasteiger partial charge in [0.2, 0.25) is 11.9 Å². The molecule has 3 heterocycles. The number of amides is 1. The van der Waals surface area contributed by atoms with E-state index in [0.29, 0.717) is 41.6 Å². The molecule has 2 N–H and O–H groups in total. The van der Waals surface area contributed by atoms with E-state index < -0.39 is 12.0 Å². The number of carbonyl (C=O) groups excluding carboxylic acids is 1. The van der Waals surface area contributed by atoms with Gasteiger partial charge in [-0.15, -0.1) is 0 Å². The number of nitrogens with one attached hydrogen (secondary N) is 1. The van der Waals surface area contributed by atoms with E-state index in [1.165, 1.54) is 0 Å². The van der Waals surface area contributed by atoms with Crippen molar-refractivity contribution in [2.24, 2.45) is 10.9 Å². The molecule has 2 aromatic heterocycles. The maximum Gasteiger partial charge on any atom is 0.248 e. The van der Waals surface area contributed by atoms with Crippen molar-refractivity contribution in [1.82, 2.24) is 19.7 Å². The van der Waals surface area contributed by atoms with Gasteiger partial charge in [-0.2, -0.15) is 15.3 Å². The molecule has 9 heteroatoms. The highest BCUT2D eigenvalue weighted by molar-refractivity contribution is 6.10. The number of rotatable bonds is 6. The van der Waals surface area contributed by atoms with E-state index in [0.717, 1.165) is 5.56 Å². The Morgan fingerprint density at radius 1 is 1.29 bits per heavy atom. The first-order chi connectivity index (χ1) is 15.1. The summed E-state index contributed by atoms with van der Waals surface area (Å²) in [5, 5.41) is 25.8. The zero-order valence-electron chi connectivity index (χ0n) is 16.9. The molecule has 156 valence electrons. The van der Waals surface area contributed by atoms with E-state index in [1.807, 2.05) is 12.1 Å². The van der Waals surface area contributed by atoms with Gasteiger partial charge in [0.25, 0.3) is 0 Å². The van der Waals surface area contributed by atoms with Crippen molar-refractivity contribution in [2.45, 2.75) is 25.8 Å². The highest BCUT2D eigenvalue weighted by Crippen LogP contribution is 2.36. The first-order valence-electron chi connectivity index (χ1n) is 9.93. The molecule has 0 bridgehead atoms. The summed E-state index contributed by atoms with van der Waals surface area (Å²) in [7, 11) is 0. The Bertz CT molecular complexity index is 1150. The average molecular weight is 415 g/mol. The lowest BCUT2D eigenvalue weighted by Crippen LogP contribution is -2.39. The Hall–Kier alpha value is -3.90. The van der Waals surface area contributed by atoms with E-state index in [9.17, 15) is 4.79 Å². The van der Waals surface area contributed by atoms with E-state index >= 15 is 0 Å². The number of aryl methyl sites for hydroxylation is 1. The second-order valence-corrected chi connectivity index (χ2v) is 7.24. The number of benzene rings is 1. The lowest BCUT2D eigenvalue weighted by atomic mass is 9.87.